The van der Waals surface area contributed by atoms with E-state index in [9.17, 15) is 4.79 Å². The summed E-state index contributed by atoms with van der Waals surface area (Å²) in [5.74, 6) is 0.142. The van der Waals surface area contributed by atoms with Crippen molar-refractivity contribution in [1.29, 1.82) is 0 Å². The number of ether oxygens (including phenoxy) is 1. The number of esters is 1. The van der Waals surface area contributed by atoms with Crippen LogP contribution in [0.25, 0.3) is 11.7 Å². The van der Waals surface area contributed by atoms with Crippen LogP contribution in [-0.4, -0.2) is 16.2 Å². The molecule has 0 unspecified atom stereocenters. The van der Waals surface area contributed by atoms with E-state index in [1.165, 1.54) is 18.4 Å². The van der Waals surface area contributed by atoms with E-state index in [2.05, 4.69) is 10.2 Å². The van der Waals surface area contributed by atoms with Gasteiger partial charge in [0.05, 0.1) is 16.8 Å². The molecule has 0 aliphatic rings. The number of hydrogen-bond acceptors (Lipinski definition) is 6. The van der Waals surface area contributed by atoms with E-state index in [-0.39, 0.29) is 29.0 Å². The topological polar surface area (TPSA) is 78.4 Å². The Morgan fingerprint density at radius 3 is 2.86 bits per heavy atom. The Balaban J connectivity index is 1.67. The van der Waals surface area contributed by atoms with E-state index in [0.717, 1.165) is 0 Å². The van der Waals surface area contributed by atoms with Gasteiger partial charge in [0.2, 0.25) is 0 Å². The molecule has 0 spiro atoms. The second-order valence-electron chi connectivity index (χ2n) is 4.18. The largest absolute Gasteiger partial charge is 0.459 e. The molecule has 0 N–H and O–H groups in total. The predicted octanol–water partition coefficient (Wildman–Crippen LogP) is 3.99. The number of benzene rings is 1. The third kappa shape index (κ3) is 3.13. The lowest BCUT2D eigenvalue weighted by molar-refractivity contribution is 0.0439. The SMILES string of the molecule is O=C(OCc1nnc(-c2ccco2)o1)c1cc(Cl)ccc1Cl. The first-order valence-electron chi connectivity index (χ1n) is 6.12. The molecule has 112 valence electrons. The van der Waals surface area contributed by atoms with Crippen LogP contribution in [0.1, 0.15) is 16.2 Å². The average molecular weight is 339 g/mol. The minimum absolute atomic E-state index is 0.137. The van der Waals surface area contributed by atoms with Gasteiger partial charge in [-0.3, -0.25) is 0 Å². The van der Waals surface area contributed by atoms with Gasteiger partial charge in [0.25, 0.3) is 11.8 Å². The molecule has 2 heterocycles. The van der Waals surface area contributed by atoms with Gasteiger partial charge in [0, 0.05) is 5.02 Å². The molecule has 8 heteroatoms. The molecule has 22 heavy (non-hydrogen) atoms. The molecule has 1 aromatic carbocycles. The molecular formula is C14H8Cl2N2O4. The van der Waals surface area contributed by atoms with Crippen LogP contribution in [0.3, 0.4) is 0 Å². The summed E-state index contributed by atoms with van der Waals surface area (Å²) in [6.45, 7) is -0.185. The van der Waals surface area contributed by atoms with Gasteiger partial charge >= 0.3 is 5.97 Å². The third-order valence-corrected chi connectivity index (χ3v) is 3.24. The Hall–Kier alpha value is -2.31. The zero-order chi connectivity index (χ0) is 15.5. The smallest absolute Gasteiger partial charge is 0.340 e. The molecule has 0 bridgehead atoms. The first kappa shape index (κ1) is 14.6. The van der Waals surface area contributed by atoms with Crippen LogP contribution in [0.4, 0.5) is 0 Å². The van der Waals surface area contributed by atoms with Gasteiger partial charge in [-0.25, -0.2) is 4.79 Å². The predicted molar refractivity (Wildman–Crippen MR) is 77.6 cm³/mol. The van der Waals surface area contributed by atoms with Gasteiger partial charge in [0.1, 0.15) is 0 Å². The molecule has 0 atom stereocenters. The van der Waals surface area contributed by atoms with E-state index < -0.39 is 5.97 Å². The Morgan fingerprint density at radius 1 is 1.23 bits per heavy atom. The maximum Gasteiger partial charge on any atom is 0.340 e. The Morgan fingerprint density at radius 2 is 2.09 bits per heavy atom. The summed E-state index contributed by atoms with van der Waals surface area (Å²) in [7, 11) is 0. The van der Waals surface area contributed by atoms with Crippen LogP contribution in [0, 0.1) is 0 Å². The van der Waals surface area contributed by atoms with Gasteiger partial charge in [-0.05, 0) is 30.3 Å². The van der Waals surface area contributed by atoms with Crippen LogP contribution in [0.15, 0.2) is 45.4 Å². The fraction of sp³-hybridized carbons (Fsp3) is 0.0714. The minimum atomic E-state index is -0.634. The van der Waals surface area contributed by atoms with Crippen molar-refractivity contribution < 1.29 is 18.4 Å². The van der Waals surface area contributed by atoms with Crippen molar-refractivity contribution in [3.63, 3.8) is 0 Å². The highest BCUT2D eigenvalue weighted by atomic mass is 35.5. The molecule has 0 saturated carbocycles. The summed E-state index contributed by atoms with van der Waals surface area (Å²) in [5.41, 5.74) is 0.167. The maximum atomic E-state index is 12.0. The quantitative estimate of drug-likeness (QED) is 0.669. The molecule has 0 fully saturated rings. The molecule has 0 saturated heterocycles. The lowest BCUT2D eigenvalue weighted by Crippen LogP contribution is -2.06. The third-order valence-electron chi connectivity index (χ3n) is 2.67. The summed E-state index contributed by atoms with van der Waals surface area (Å²) >= 11 is 11.7. The maximum absolute atomic E-state index is 12.0. The van der Waals surface area contributed by atoms with Crippen molar-refractivity contribution in [1.82, 2.24) is 10.2 Å². The highest BCUT2D eigenvalue weighted by molar-refractivity contribution is 6.35. The second-order valence-corrected chi connectivity index (χ2v) is 5.02. The van der Waals surface area contributed by atoms with Gasteiger partial charge in [0.15, 0.2) is 12.4 Å². The number of hydrogen-bond donors (Lipinski definition) is 0. The number of carbonyl (C=O) groups is 1. The number of rotatable bonds is 4. The molecule has 0 amide bonds. The van der Waals surface area contributed by atoms with Crippen LogP contribution in [0.2, 0.25) is 10.0 Å². The lowest BCUT2D eigenvalue weighted by atomic mass is 10.2. The normalized spacial score (nSPS) is 10.6. The monoisotopic (exact) mass is 338 g/mol. The summed E-state index contributed by atoms with van der Waals surface area (Å²) in [6, 6.07) is 7.89. The highest BCUT2D eigenvalue weighted by Crippen LogP contribution is 2.22. The molecule has 2 aromatic heterocycles. The van der Waals surface area contributed by atoms with Crippen molar-refractivity contribution in [2.24, 2.45) is 0 Å². The zero-order valence-corrected chi connectivity index (χ0v) is 12.5. The van der Waals surface area contributed by atoms with E-state index in [1.807, 2.05) is 0 Å². The molecule has 3 aromatic rings. The molecule has 0 aliphatic heterocycles. The number of halogens is 2. The Bertz CT molecular complexity index is 799. The van der Waals surface area contributed by atoms with E-state index >= 15 is 0 Å². The van der Waals surface area contributed by atoms with E-state index in [0.29, 0.717) is 10.8 Å². The van der Waals surface area contributed by atoms with Crippen molar-refractivity contribution in [2.75, 3.05) is 0 Å². The van der Waals surface area contributed by atoms with Crippen LogP contribution in [0.5, 0.6) is 0 Å². The average Bonchev–Trinajstić information content (AvgIpc) is 3.17. The number of nitrogens with zero attached hydrogens (tertiary/aromatic N) is 2. The number of carbonyl (C=O) groups excluding carboxylic acids is 1. The minimum Gasteiger partial charge on any atom is -0.459 e. The summed E-state index contributed by atoms with van der Waals surface area (Å²) in [6.07, 6.45) is 1.49. The molecule has 0 radical (unpaired) electrons. The van der Waals surface area contributed by atoms with E-state index in [1.54, 1.807) is 18.2 Å². The second kappa shape index (κ2) is 6.21. The van der Waals surface area contributed by atoms with Gasteiger partial charge in [-0.2, -0.15) is 0 Å². The molecule has 0 aliphatic carbocycles. The molecule has 3 rings (SSSR count). The summed E-state index contributed by atoms with van der Waals surface area (Å²) in [5, 5.41) is 8.19. The van der Waals surface area contributed by atoms with Gasteiger partial charge in [-0.15, -0.1) is 10.2 Å². The Kier molecular flexibility index (Phi) is 4.13. The summed E-state index contributed by atoms with van der Waals surface area (Å²) in [4.78, 5) is 12.0. The van der Waals surface area contributed by atoms with Gasteiger partial charge in [-0.1, -0.05) is 23.2 Å². The first-order chi connectivity index (χ1) is 10.6. The van der Waals surface area contributed by atoms with Crippen molar-refractivity contribution in [3.8, 4) is 11.7 Å². The van der Waals surface area contributed by atoms with Crippen LogP contribution in [-0.2, 0) is 11.3 Å². The number of aromatic nitrogens is 2. The Labute approximate surface area is 134 Å². The zero-order valence-electron chi connectivity index (χ0n) is 11.0. The van der Waals surface area contributed by atoms with Crippen LogP contribution < -0.4 is 0 Å². The fourth-order valence-electron chi connectivity index (χ4n) is 1.67. The fourth-order valence-corrected chi connectivity index (χ4v) is 2.04. The summed E-state index contributed by atoms with van der Waals surface area (Å²) < 4.78 is 15.5. The van der Waals surface area contributed by atoms with Crippen molar-refractivity contribution in [2.45, 2.75) is 6.61 Å². The van der Waals surface area contributed by atoms with Crippen molar-refractivity contribution >= 4 is 29.2 Å². The highest BCUT2D eigenvalue weighted by Gasteiger charge is 2.16. The van der Waals surface area contributed by atoms with Crippen molar-refractivity contribution in [3.05, 3.63) is 58.1 Å². The number of furan rings is 1. The molecular weight excluding hydrogens is 331 g/mol. The van der Waals surface area contributed by atoms with Crippen LogP contribution >= 0.6 is 23.2 Å². The standard InChI is InChI=1S/C14H8Cl2N2O4/c15-8-3-4-10(16)9(6-8)14(19)21-7-12-17-18-13(22-12)11-2-1-5-20-11/h1-6H,7H2. The lowest BCUT2D eigenvalue weighted by Gasteiger charge is -2.04. The molecule has 6 nitrogen and oxygen atoms in total. The van der Waals surface area contributed by atoms with Gasteiger partial charge < -0.3 is 13.6 Å². The first-order valence-corrected chi connectivity index (χ1v) is 6.87. The van der Waals surface area contributed by atoms with E-state index in [4.69, 9.17) is 36.8 Å².